The molecule has 0 atom stereocenters. The van der Waals surface area contributed by atoms with Gasteiger partial charge in [0.25, 0.3) is 0 Å². The number of nitrogens with zero attached hydrogens (tertiary/aromatic N) is 1. The van der Waals surface area contributed by atoms with Crippen LogP contribution in [0.25, 0.3) is 0 Å². The smallest absolute Gasteiger partial charge is 0.226 e. The van der Waals surface area contributed by atoms with E-state index in [1.165, 1.54) is 4.88 Å². The Hall–Kier alpha value is -0.900. The van der Waals surface area contributed by atoms with Gasteiger partial charge in [-0.3, -0.25) is 4.79 Å². The molecule has 1 N–H and O–H groups in total. The number of thiazole rings is 1. The zero-order valence-electron chi connectivity index (χ0n) is 8.67. The number of aryl methyl sites for hydroxylation is 1. The molecular formula is C10H16N2OS. The molecule has 0 aliphatic heterocycles. The maximum absolute atomic E-state index is 11.2. The van der Waals surface area contributed by atoms with Crippen molar-refractivity contribution in [2.45, 2.75) is 39.5 Å². The van der Waals surface area contributed by atoms with Gasteiger partial charge in [0.05, 0.1) is 0 Å². The van der Waals surface area contributed by atoms with Crippen LogP contribution in [0.15, 0.2) is 6.20 Å². The van der Waals surface area contributed by atoms with Crippen LogP contribution in [0.5, 0.6) is 0 Å². The summed E-state index contributed by atoms with van der Waals surface area (Å²) in [7, 11) is 0. The van der Waals surface area contributed by atoms with Gasteiger partial charge in [0.1, 0.15) is 0 Å². The highest BCUT2D eigenvalue weighted by Gasteiger charge is 2.04. The Kier molecular flexibility index (Phi) is 4.59. The number of rotatable bonds is 5. The third kappa shape index (κ3) is 3.46. The highest BCUT2D eigenvalue weighted by molar-refractivity contribution is 7.15. The molecule has 4 heteroatoms. The first-order valence-corrected chi connectivity index (χ1v) is 5.82. The van der Waals surface area contributed by atoms with Crippen molar-refractivity contribution in [3.63, 3.8) is 0 Å². The summed E-state index contributed by atoms with van der Waals surface area (Å²) in [5.74, 6) is 0.0601. The molecule has 0 radical (unpaired) electrons. The summed E-state index contributed by atoms with van der Waals surface area (Å²) in [6.07, 6.45) is 5.45. The summed E-state index contributed by atoms with van der Waals surface area (Å²) in [5.41, 5.74) is 0. The second kappa shape index (κ2) is 5.75. The molecule has 78 valence electrons. The average molecular weight is 212 g/mol. The van der Waals surface area contributed by atoms with Gasteiger partial charge >= 0.3 is 0 Å². The topological polar surface area (TPSA) is 42.0 Å². The molecule has 0 unspecified atom stereocenters. The van der Waals surface area contributed by atoms with Crippen molar-refractivity contribution in [1.29, 1.82) is 0 Å². The van der Waals surface area contributed by atoms with Crippen LogP contribution in [0.2, 0.25) is 0 Å². The summed E-state index contributed by atoms with van der Waals surface area (Å²) < 4.78 is 0. The molecule has 0 saturated carbocycles. The van der Waals surface area contributed by atoms with E-state index in [4.69, 9.17) is 0 Å². The highest BCUT2D eigenvalue weighted by atomic mass is 32.1. The van der Waals surface area contributed by atoms with Gasteiger partial charge in [-0.05, 0) is 12.8 Å². The fraction of sp³-hybridized carbons (Fsp3) is 0.600. The minimum Gasteiger partial charge on any atom is -0.302 e. The van der Waals surface area contributed by atoms with E-state index in [9.17, 15) is 4.79 Å². The minimum absolute atomic E-state index is 0.0601. The van der Waals surface area contributed by atoms with Gasteiger partial charge < -0.3 is 5.32 Å². The molecule has 1 aromatic heterocycles. The van der Waals surface area contributed by atoms with Crippen LogP contribution in [0.3, 0.4) is 0 Å². The number of carbonyl (C=O) groups is 1. The van der Waals surface area contributed by atoms with Gasteiger partial charge in [-0.15, -0.1) is 11.3 Å². The van der Waals surface area contributed by atoms with Crippen molar-refractivity contribution in [3.05, 3.63) is 11.1 Å². The van der Waals surface area contributed by atoms with E-state index in [-0.39, 0.29) is 5.91 Å². The van der Waals surface area contributed by atoms with Crippen molar-refractivity contribution < 1.29 is 4.79 Å². The van der Waals surface area contributed by atoms with Crippen LogP contribution in [-0.4, -0.2) is 10.9 Å². The van der Waals surface area contributed by atoms with Crippen LogP contribution in [0.1, 0.15) is 38.0 Å². The molecule has 3 nitrogen and oxygen atoms in total. The lowest BCUT2D eigenvalue weighted by Gasteiger charge is -1.97. The van der Waals surface area contributed by atoms with E-state index in [0.717, 1.165) is 24.4 Å². The van der Waals surface area contributed by atoms with E-state index < -0.39 is 0 Å². The van der Waals surface area contributed by atoms with Crippen LogP contribution >= 0.6 is 11.3 Å². The second-order valence-electron chi connectivity index (χ2n) is 3.18. The normalized spacial score (nSPS) is 10.1. The van der Waals surface area contributed by atoms with Crippen LogP contribution < -0.4 is 5.32 Å². The van der Waals surface area contributed by atoms with Crippen molar-refractivity contribution in [1.82, 2.24) is 4.98 Å². The molecule has 0 aromatic carbocycles. The third-order valence-electron chi connectivity index (χ3n) is 1.77. The number of amides is 1. The highest BCUT2D eigenvalue weighted by Crippen LogP contribution is 2.19. The maximum atomic E-state index is 11.2. The molecular weight excluding hydrogens is 196 g/mol. The molecule has 0 spiro atoms. The van der Waals surface area contributed by atoms with Crippen molar-refractivity contribution >= 4 is 22.4 Å². The number of hydrogen-bond donors (Lipinski definition) is 1. The summed E-state index contributed by atoms with van der Waals surface area (Å²) >= 11 is 1.57. The van der Waals surface area contributed by atoms with Crippen molar-refractivity contribution in [3.8, 4) is 0 Å². The first kappa shape index (κ1) is 11.2. The zero-order chi connectivity index (χ0) is 10.4. The molecule has 0 aliphatic carbocycles. The van der Waals surface area contributed by atoms with Crippen LogP contribution in [-0.2, 0) is 11.2 Å². The van der Waals surface area contributed by atoms with E-state index in [1.54, 1.807) is 11.3 Å². The number of anilines is 1. The lowest BCUT2D eigenvalue weighted by molar-refractivity contribution is -0.116. The van der Waals surface area contributed by atoms with Gasteiger partial charge in [-0.25, -0.2) is 4.98 Å². The molecule has 1 rings (SSSR count). The summed E-state index contributed by atoms with van der Waals surface area (Å²) in [6, 6.07) is 0. The lowest BCUT2D eigenvalue weighted by atomic mass is 10.3. The second-order valence-corrected chi connectivity index (χ2v) is 4.30. The summed E-state index contributed by atoms with van der Waals surface area (Å²) in [4.78, 5) is 16.6. The predicted molar refractivity (Wildman–Crippen MR) is 59.6 cm³/mol. The quantitative estimate of drug-likeness (QED) is 0.815. The van der Waals surface area contributed by atoms with Crippen molar-refractivity contribution in [2.24, 2.45) is 0 Å². The van der Waals surface area contributed by atoms with Gasteiger partial charge in [-0.1, -0.05) is 20.3 Å². The molecule has 0 saturated heterocycles. The van der Waals surface area contributed by atoms with Gasteiger partial charge in [0, 0.05) is 17.5 Å². The SMILES string of the molecule is CCCC(=O)Nc1ncc(CCC)s1. The maximum Gasteiger partial charge on any atom is 0.226 e. The number of hydrogen-bond acceptors (Lipinski definition) is 3. The molecule has 1 heterocycles. The lowest BCUT2D eigenvalue weighted by Crippen LogP contribution is -2.09. The average Bonchev–Trinajstić information content (AvgIpc) is 2.53. The Bertz CT molecular complexity index is 296. The van der Waals surface area contributed by atoms with Crippen LogP contribution in [0, 0.1) is 0 Å². The first-order valence-electron chi connectivity index (χ1n) is 5.00. The fourth-order valence-corrected chi connectivity index (χ4v) is 2.07. The van der Waals surface area contributed by atoms with Gasteiger partial charge in [-0.2, -0.15) is 0 Å². The molecule has 14 heavy (non-hydrogen) atoms. The molecule has 1 amide bonds. The minimum atomic E-state index is 0.0601. The van der Waals surface area contributed by atoms with E-state index >= 15 is 0 Å². The predicted octanol–water partition coefficient (Wildman–Crippen LogP) is 2.83. The Morgan fingerprint density at radius 3 is 2.93 bits per heavy atom. The first-order chi connectivity index (χ1) is 6.76. The van der Waals surface area contributed by atoms with Crippen LogP contribution in [0.4, 0.5) is 5.13 Å². The Balaban J connectivity index is 2.46. The third-order valence-corrected chi connectivity index (χ3v) is 2.75. The standard InChI is InChI=1S/C10H16N2OS/c1-3-5-8-7-11-10(14-8)12-9(13)6-4-2/h7H,3-6H2,1-2H3,(H,11,12,13). The van der Waals surface area contributed by atoms with Crippen molar-refractivity contribution in [2.75, 3.05) is 5.32 Å². The largest absolute Gasteiger partial charge is 0.302 e. The molecule has 0 aliphatic rings. The van der Waals surface area contributed by atoms with E-state index in [2.05, 4.69) is 17.2 Å². The zero-order valence-corrected chi connectivity index (χ0v) is 9.49. The van der Waals surface area contributed by atoms with Gasteiger partial charge in [0.15, 0.2) is 5.13 Å². The summed E-state index contributed by atoms with van der Waals surface area (Å²) in [6.45, 7) is 4.12. The Morgan fingerprint density at radius 2 is 2.29 bits per heavy atom. The molecule has 0 fully saturated rings. The molecule has 1 aromatic rings. The fourth-order valence-electron chi connectivity index (χ4n) is 1.14. The van der Waals surface area contributed by atoms with Gasteiger partial charge in [0.2, 0.25) is 5.91 Å². The summed E-state index contributed by atoms with van der Waals surface area (Å²) in [5, 5.41) is 3.52. The van der Waals surface area contributed by atoms with E-state index in [0.29, 0.717) is 6.42 Å². The molecule has 0 bridgehead atoms. The Labute approximate surface area is 88.6 Å². The Morgan fingerprint density at radius 1 is 1.50 bits per heavy atom. The van der Waals surface area contributed by atoms with E-state index in [1.807, 2.05) is 13.1 Å². The number of aromatic nitrogens is 1. The number of carbonyl (C=O) groups excluding carboxylic acids is 1. The number of nitrogens with one attached hydrogen (secondary N) is 1. The monoisotopic (exact) mass is 212 g/mol.